The molecule has 0 heterocycles. The molecule has 0 atom stereocenters. The van der Waals surface area contributed by atoms with E-state index in [9.17, 15) is 5.11 Å². The summed E-state index contributed by atoms with van der Waals surface area (Å²) in [4.78, 5) is 0. The Morgan fingerprint density at radius 3 is 2.24 bits per heavy atom. The largest absolute Gasteiger partial charge is 0.496 e. The first-order chi connectivity index (χ1) is 8.30. The van der Waals surface area contributed by atoms with E-state index in [0.717, 1.165) is 35.5 Å². The molecule has 0 amide bonds. The molecule has 1 aromatic rings. The summed E-state index contributed by atoms with van der Waals surface area (Å²) in [6.45, 7) is -0.00789. The van der Waals surface area contributed by atoms with Crippen molar-refractivity contribution in [3.8, 4) is 11.5 Å². The number of rotatable bonds is 4. The van der Waals surface area contributed by atoms with Crippen LogP contribution in [-0.2, 0) is 6.61 Å². The van der Waals surface area contributed by atoms with Crippen molar-refractivity contribution in [2.24, 2.45) is 0 Å². The summed E-state index contributed by atoms with van der Waals surface area (Å²) in [7, 11) is 3.30. The van der Waals surface area contributed by atoms with Crippen LogP contribution >= 0.6 is 0 Å². The van der Waals surface area contributed by atoms with Gasteiger partial charge in [0.25, 0.3) is 0 Å². The van der Waals surface area contributed by atoms with Crippen LogP contribution in [0.2, 0.25) is 0 Å². The van der Waals surface area contributed by atoms with Crippen LogP contribution in [-0.4, -0.2) is 19.3 Å². The van der Waals surface area contributed by atoms with Gasteiger partial charge in [-0.3, -0.25) is 0 Å². The Bertz CT molecular complexity index is 410. The first-order valence-electron chi connectivity index (χ1n) is 5.85. The Balaban J connectivity index is 2.54. The van der Waals surface area contributed by atoms with Crippen molar-refractivity contribution in [2.75, 3.05) is 14.2 Å². The Kier molecular flexibility index (Phi) is 3.69. The first-order valence-corrected chi connectivity index (χ1v) is 5.85. The normalized spacial score (nSPS) is 14.6. The van der Waals surface area contributed by atoms with Gasteiger partial charge in [0.2, 0.25) is 0 Å². The number of ether oxygens (including phenoxy) is 2. The SMILES string of the molecule is COc1cc(CO)cc(OC)c1C1=CCCC1. The molecular weight excluding hydrogens is 216 g/mol. The van der Waals surface area contributed by atoms with Crippen LogP contribution in [0.1, 0.15) is 30.4 Å². The summed E-state index contributed by atoms with van der Waals surface area (Å²) in [6.07, 6.45) is 5.59. The predicted molar refractivity (Wildman–Crippen MR) is 67.3 cm³/mol. The van der Waals surface area contributed by atoms with Gasteiger partial charge in [-0.05, 0) is 42.5 Å². The molecule has 3 nitrogen and oxygen atoms in total. The molecule has 1 N–H and O–H groups in total. The average molecular weight is 234 g/mol. The van der Waals surface area contributed by atoms with E-state index in [1.165, 1.54) is 12.0 Å². The van der Waals surface area contributed by atoms with Crippen molar-refractivity contribution >= 4 is 5.57 Å². The van der Waals surface area contributed by atoms with E-state index in [0.29, 0.717) is 0 Å². The number of aliphatic hydroxyl groups excluding tert-OH is 1. The summed E-state index contributed by atoms with van der Waals surface area (Å²) in [5.74, 6) is 1.56. The number of hydrogen-bond donors (Lipinski definition) is 1. The van der Waals surface area contributed by atoms with Gasteiger partial charge in [0.15, 0.2) is 0 Å². The zero-order valence-electron chi connectivity index (χ0n) is 10.3. The van der Waals surface area contributed by atoms with E-state index in [-0.39, 0.29) is 6.61 Å². The molecule has 17 heavy (non-hydrogen) atoms. The molecular formula is C14H18O3. The maximum Gasteiger partial charge on any atom is 0.130 e. The third-order valence-corrected chi connectivity index (χ3v) is 3.11. The smallest absolute Gasteiger partial charge is 0.130 e. The average Bonchev–Trinajstić information content (AvgIpc) is 2.90. The second-order valence-corrected chi connectivity index (χ2v) is 4.16. The molecule has 0 aliphatic heterocycles. The molecule has 1 aliphatic carbocycles. The highest BCUT2D eigenvalue weighted by Crippen LogP contribution is 2.40. The lowest BCUT2D eigenvalue weighted by molar-refractivity contribution is 0.280. The van der Waals surface area contributed by atoms with Crippen molar-refractivity contribution in [1.82, 2.24) is 0 Å². The lowest BCUT2D eigenvalue weighted by atomic mass is 10.0. The molecule has 2 rings (SSSR count). The summed E-state index contributed by atoms with van der Waals surface area (Å²) in [5.41, 5.74) is 3.12. The number of methoxy groups -OCH3 is 2. The minimum absolute atomic E-state index is 0.00789. The van der Waals surface area contributed by atoms with Gasteiger partial charge in [0, 0.05) is 0 Å². The highest BCUT2D eigenvalue weighted by atomic mass is 16.5. The quantitative estimate of drug-likeness (QED) is 0.870. The second-order valence-electron chi connectivity index (χ2n) is 4.16. The molecule has 1 aromatic carbocycles. The summed E-state index contributed by atoms with van der Waals surface area (Å²) in [6, 6.07) is 3.74. The lowest BCUT2D eigenvalue weighted by Gasteiger charge is -2.15. The van der Waals surface area contributed by atoms with E-state index in [4.69, 9.17) is 9.47 Å². The Hall–Kier alpha value is -1.48. The van der Waals surface area contributed by atoms with Crippen molar-refractivity contribution in [3.05, 3.63) is 29.3 Å². The molecule has 0 spiro atoms. The predicted octanol–water partition coefficient (Wildman–Crippen LogP) is 2.76. The molecule has 0 unspecified atom stereocenters. The van der Waals surface area contributed by atoms with Crippen molar-refractivity contribution in [1.29, 1.82) is 0 Å². The number of hydrogen-bond acceptors (Lipinski definition) is 3. The minimum atomic E-state index is -0.00789. The van der Waals surface area contributed by atoms with E-state index in [1.807, 2.05) is 12.1 Å². The van der Waals surface area contributed by atoms with Gasteiger partial charge >= 0.3 is 0 Å². The second kappa shape index (κ2) is 5.23. The van der Waals surface area contributed by atoms with Crippen molar-refractivity contribution in [2.45, 2.75) is 25.9 Å². The standard InChI is InChI=1S/C14H18O3/c1-16-12-7-10(9-15)8-13(17-2)14(12)11-5-3-4-6-11/h5,7-8,15H,3-4,6,9H2,1-2H3. The van der Waals surface area contributed by atoms with Gasteiger partial charge in [-0.25, -0.2) is 0 Å². The Morgan fingerprint density at radius 1 is 1.18 bits per heavy atom. The van der Waals surface area contributed by atoms with Crippen LogP contribution in [0.4, 0.5) is 0 Å². The third kappa shape index (κ3) is 2.29. The monoisotopic (exact) mass is 234 g/mol. The molecule has 0 fully saturated rings. The van der Waals surface area contributed by atoms with E-state index in [1.54, 1.807) is 14.2 Å². The summed E-state index contributed by atoms with van der Waals surface area (Å²) in [5, 5.41) is 9.21. The van der Waals surface area contributed by atoms with Gasteiger partial charge in [-0.15, -0.1) is 0 Å². The Labute approximate surface area is 102 Å². The molecule has 0 saturated carbocycles. The van der Waals surface area contributed by atoms with Gasteiger partial charge in [0.05, 0.1) is 26.4 Å². The lowest BCUT2D eigenvalue weighted by Crippen LogP contribution is -1.98. The molecule has 0 aromatic heterocycles. The number of allylic oxidation sites excluding steroid dienone is 2. The highest BCUT2D eigenvalue weighted by molar-refractivity contribution is 5.77. The molecule has 1 aliphatic rings. The van der Waals surface area contributed by atoms with Crippen LogP contribution in [0.25, 0.3) is 5.57 Å². The highest BCUT2D eigenvalue weighted by Gasteiger charge is 2.18. The van der Waals surface area contributed by atoms with Gasteiger partial charge in [-0.2, -0.15) is 0 Å². The summed E-state index contributed by atoms with van der Waals surface area (Å²) < 4.78 is 10.8. The van der Waals surface area contributed by atoms with Crippen LogP contribution in [0, 0.1) is 0 Å². The Morgan fingerprint density at radius 2 is 1.82 bits per heavy atom. The van der Waals surface area contributed by atoms with Gasteiger partial charge < -0.3 is 14.6 Å². The van der Waals surface area contributed by atoms with Crippen molar-refractivity contribution in [3.63, 3.8) is 0 Å². The van der Waals surface area contributed by atoms with Crippen LogP contribution in [0.15, 0.2) is 18.2 Å². The molecule has 0 radical (unpaired) electrons. The fourth-order valence-electron chi connectivity index (χ4n) is 2.27. The van der Waals surface area contributed by atoms with Crippen LogP contribution in [0.3, 0.4) is 0 Å². The number of aliphatic hydroxyl groups is 1. The maximum atomic E-state index is 9.21. The minimum Gasteiger partial charge on any atom is -0.496 e. The zero-order chi connectivity index (χ0) is 12.3. The summed E-state index contributed by atoms with van der Waals surface area (Å²) >= 11 is 0. The fourth-order valence-corrected chi connectivity index (χ4v) is 2.27. The first kappa shape index (κ1) is 12.0. The third-order valence-electron chi connectivity index (χ3n) is 3.11. The van der Waals surface area contributed by atoms with Crippen molar-refractivity contribution < 1.29 is 14.6 Å². The van der Waals surface area contributed by atoms with Gasteiger partial charge in [0.1, 0.15) is 11.5 Å². The van der Waals surface area contributed by atoms with Gasteiger partial charge in [-0.1, -0.05) is 6.08 Å². The molecule has 3 heteroatoms. The molecule has 0 bridgehead atoms. The van der Waals surface area contributed by atoms with Crippen LogP contribution < -0.4 is 9.47 Å². The molecule has 92 valence electrons. The van der Waals surface area contributed by atoms with E-state index < -0.39 is 0 Å². The maximum absolute atomic E-state index is 9.21. The fraction of sp³-hybridized carbons (Fsp3) is 0.429. The number of benzene rings is 1. The molecule has 0 saturated heterocycles. The topological polar surface area (TPSA) is 38.7 Å². The van der Waals surface area contributed by atoms with Crippen LogP contribution in [0.5, 0.6) is 11.5 Å². The van der Waals surface area contributed by atoms with E-state index >= 15 is 0 Å². The zero-order valence-corrected chi connectivity index (χ0v) is 10.3. The van der Waals surface area contributed by atoms with E-state index in [2.05, 4.69) is 6.08 Å².